The fourth-order valence-electron chi connectivity index (χ4n) is 1.27. The van der Waals surface area contributed by atoms with Crippen LogP contribution in [0.5, 0.6) is 0 Å². The Morgan fingerprint density at radius 1 is 1.21 bits per heavy atom. The van der Waals surface area contributed by atoms with E-state index in [0.717, 1.165) is 32.2 Å². The Kier molecular flexibility index (Phi) is 6.60. The molecule has 1 amide bonds. The van der Waals surface area contributed by atoms with Crippen molar-refractivity contribution >= 4 is 5.91 Å². The Bertz CT molecular complexity index is 158. The largest absolute Gasteiger partial charge is 0.356 e. The summed E-state index contributed by atoms with van der Waals surface area (Å²) in [5.74, 6) is 0.211. The van der Waals surface area contributed by atoms with Gasteiger partial charge in [0.1, 0.15) is 0 Å². The molecule has 0 atom stereocenters. The molecule has 0 saturated heterocycles. The molecule has 0 saturated carbocycles. The molecule has 0 aromatic rings. The third kappa shape index (κ3) is 9.56. The maximum absolute atomic E-state index is 11.3. The second-order valence-corrected chi connectivity index (χ2v) is 5.12. The predicted octanol–water partition coefficient (Wildman–Crippen LogP) is 3.12. The first-order valence-corrected chi connectivity index (χ1v) is 5.72. The van der Waals surface area contributed by atoms with E-state index in [-0.39, 0.29) is 5.91 Å². The second kappa shape index (κ2) is 6.86. The summed E-state index contributed by atoms with van der Waals surface area (Å²) >= 11 is 0. The summed E-state index contributed by atoms with van der Waals surface area (Å²) in [4.78, 5) is 11.3. The van der Waals surface area contributed by atoms with Gasteiger partial charge in [0.25, 0.3) is 0 Å². The Morgan fingerprint density at radius 3 is 2.36 bits per heavy atom. The van der Waals surface area contributed by atoms with E-state index in [4.69, 9.17) is 0 Å². The zero-order chi connectivity index (χ0) is 11.0. The SMILES string of the molecule is CCCCNC(=O)CCCC(C)(C)C. The first kappa shape index (κ1) is 13.5. The monoisotopic (exact) mass is 199 g/mol. The van der Waals surface area contributed by atoms with E-state index in [1.165, 1.54) is 0 Å². The van der Waals surface area contributed by atoms with Crippen molar-refractivity contribution in [3.8, 4) is 0 Å². The van der Waals surface area contributed by atoms with Gasteiger partial charge in [0.2, 0.25) is 5.91 Å². The zero-order valence-electron chi connectivity index (χ0n) is 10.2. The lowest BCUT2D eigenvalue weighted by molar-refractivity contribution is -0.121. The molecule has 14 heavy (non-hydrogen) atoms. The van der Waals surface area contributed by atoms with Crippen LogP contribution < -0.4 is 5.32 Å². The van der Waals surface area contributed by atoms with Gasteiger partial charge in [0.05, 0.1) is 0 Å². The topological polar surface area (TPSA) is 29.1 Å². The first-order valence-electron chi connectivity index (χ1n) is 5.72. The van der Waals surface area contributed by atoms with Crippen LogP contribution in [-0.2, 0) is 4.79 Å². The van der Waals surface area contributed by atoms with Gasteiger partial charge >= 0.3 is 0 Å². The van der Waals surface area contributed by atoms with Crippen molar-refractivity contribution in [1.82, 2.24) is 5.32 Å². The van der Waals surface area contributed by atoms with Gasteiger partial charge in [-0.1, -0.05) is 34.1 Å². The van der Waals surface area contributed by atoms with Crippen LogP contribution in [-0.4, -0.2) is 12.5 Å². The third-order valence-electron chi connectivity index (χ3n) is 2.18. The van der Waals surface area contributed by atoms with Crippen LogP contribution in [0.15, 0.2) is 0 Å². The minimum Gasteiger partial charge on any atom is -0.356 e. The van der Waals surface area contributed by atoms with E-state index in [1.807, 2.05) is 0 Å². The highest BCUT2D eigenvalue weighted by atomic mass is 16.1. The van der Waals surface area contributed by atoms with Gasteiger partial charge in [-0.2, -0.15) is 0 Å². The normalized spacial score (nSPS) is 11.4. The molecule has 0 spiro atoms. The number of hydrogen-bond acceptors (Lipinski definition) is 1. The van der Waals surface area contributed by atoms with Crippen LogP contribution in [0.25, 0.3) is 0 Å². The molecule has 0 aliphatic heterocycles. The molecule has 0 heterocycles. The molecule has 0 rings (SSSR count). The molecule has 1 N–H and O–H groups in total. The van der Waals surface area contributed by atoms with E-state index in [1.54, 1.807) is 0 Å². The fraction of sp³-hybridized carbons (Fsp3) is 0.917. The van der Waals surface area contributed by atoms with Crippen molar-refractivity contribution in [1.29, 1.82) is 0 Å². The minimum absolute atomic E-state index is 0.211. The summed E-state index contributed by atoms with van der Waals surface area (Å²) in [6.45, 7) is 9.60. The van der Waals surface area contributed by atoms with E-state index >= 15 is 0 Å². The van der Waals surface area contributed by atoms with Crippen LogP contribution in [0.2, 0.25) is 0 Å². The quantitative estimate of drug-likeness (QED) is 0.654. The summed E-state index contributed by atoms with van der Waals surface area (Å²) in [5.41, 5.74) is 0.351. The Hall–Kier alpha value is -0.530. The maximum Gasteiger partial charge on any atom is 0.219 e. The third-order valence-corrected chi connectivity index (χ3v) is 2.18. The molecule has 0 aromatic carbocycles. The van der Waals surface area contributed by atoms with E-state index in [9.17, 15) is 4.79 Å². The van der Waals surface area contributed by atoms with Crippen LogP contribution in [0.1, 0.15) is 59.8 Å². The molecular formula is C12H25NO. The highest BCUT2D eigenvalue weighted by molar-refractivity contribution is 5.75. The molecule has 0 fully saturated rings. The summed E-state index contributed by atoms with van der Waals surface area (Å²) in [6, 6.07) is 0. The number of nitrogens with one attached hydrogen (secondary N) is 1. The number of carbonyl (C=O) groups is 1. The van der Waals surface area contributed by atoms with E-state index in [0.29, 0.717) is 11.8 Å². The van der Waals surface area contributed by atoms with Crippen molar-refractivity contribution in [2.45, 2.75) is 59.8 Å². The molecule has 0 bridgehead atoms. The standard InChI is InChI=1S/C12H25NO/c1-5-6-10-13-11(14)8-7-9-12(2,3)4/h5-10H2,1-4H3,(H,13,14). The highest BCUT2D eigenvalue weighted by Crippen LogP contribution is 2.21. The van der Waals surface area contributed by atoms with Crippen LogP contribution in [0.3, 0.4) is 0 Å². The average molecular weight is 199 g/mol. The molecule has 2 nitrogen and oxygen atoms in total. The smallest absolute Gasteiger partial charge is 0.219 e. The van der Waals surface area contributed by atoms with E-state index < -0.39 is 0 Å². The molecule has 0 radical (unpaired) electrons. The first-order chi connectivity index (χ1) is 6.45. The molecule has 0 aliphatic rings. The molecule has 2 heteroatoms. The minimum atomic E-state index is 0.211. The molecule has 84 valence electrons. The number of carbonyl (C=O) groups excluding carboxylic acids is 1. The van der Waals surface area contributed by atoms with Gasteiger partial charge in [-0.15, -0.1) is 0 Å². The fourth-order valence-corrected chi connectivity index (χ4v) is 1.27. The lowest BCUT2D eigenvalue weighted by Gasteiger charge is -2.17. The Labute approximate surface area is 88.5 Å². The Balaban J connectivity index is 3.36. The molecule has 0 aromatic heterocycles. The van der Waals surface area contributed by atoms with Crippen molar-refractivity contribution in [2.24, 2.45) is 5.41 Å². The van der Waals surface area contributed by atoms with Gasteiger partial charge in [0, 0.05) is 13.0 Å². The number of amides is 1. The van der Waals surface area contributed by atoms with Gasteiger partial charge in [-0.3, -0.25) is 4.79 Å². The molecule has 0 aliphatic carbocycles. The van der Waals surface area contributed by atoms with Gasteiger partial charge in [-0.05, 0) is 24.7 Å². The van der Waals surface area contributed by atoms with Gasteiger partial charge < -0.3 is 5.32 Å². The summed E-state index contributed by atoms with van der Waals surface area (Å²) in [5, 5.41) is 2.93. The number of unbranched alkanes of at least 4 members (excludes halogenated alkanes) is 1. The lowest BCUT2D eigenvalue weighted by Crippen LogP contribution is -2.24. The molecular weight excluding hydrogens is 174 g/mol. The number of hydrogen-bond donors (Lipinski definition) is 1. The van der Waals surface area contributed by atoms with Gasteiger partial charge in [-0.25, -0.2) is 0 Å². The number of rotatable bonds is 6. The van der Waals surface area contributed by atoms with E-state index in [2.05, 4.69) is 33.0 Å². The maximum atomic E-state index is 11.3. The van der Waals surface area contributed by atoms with Crippen molar-refractivity contribution in [2.75, 3.05) is 6.54 Å². The van der Waals surface area contributed by atoms with Crippen molar-refractivity contribution in [3.05, 3.63) is 0 Å². The van der Waals surface area contributed by atoms with Crippen molar-refractivity contribution < 1.29 is 4.79 Å². The Morgan fingerprint density at radius 2 is 1.86 bits per heavy atom. The zero-order valence-corrected chi connectivity index (χ0v) is 10.2. The van der Waals surface area contributed by atoms with Crippen LogP contribution >= 0.6 is 0 Å². The molecule has 0 unspecified atom stereocenters. The highest BCUT2D eigenvalue weighted by Gasteiger charge is 2.10. The summed E-state index contributed by atoms with van der Waals surface area (Å²) in [6.07, 6.45) is 5.03. The lowest BCUT2D eigenvalue weighted by atomic mass is 9.90. The predicted molar refractivity (Wildman–Crippen MR) is 61.2 cm³/mol. The van der Waals surface area contributed by atoms with Crippen LogP contribution in [0.4, 0.5) is 0 Å². The second-order valence-electron chi connectivity index (χ2n) is 5.12. The van der Waals surface area contributed by atoms with Gasteiger partial charge in [0.15, 0.2) is 0 Å². The van der Waals surface area contributed by atoms with Crippen molar-refractivity contribution in [3.63, 3.8) is 0 Å². The summed E-state index contributed by atoms with van der Waals surface area (Å²) < 4.78 is 0. The average Bonchev–Trinajstić information content (AvgIpc) is 2.02. The van der Waals surface area contributed by atoms with Crippen LogP contribution in [0, 0.1) is 5.41 Å². The summed E-state index contributed by atoms with van der Waals surface area (Å²) in [7, 11) is 0.